The number of rotatable bonds is 4. The number of piperazine rings is 1. The van der Waals surface area contributed by atoms with E-state index < -0.39 is 5.82 Å². The lowest BCUT2D eigenvalue weighted by molar-refractivity contribution is 0.229. The van der Waals surface area contributed by atoms with E-state index >= 15 is 0 Å². The van der Waals surface area contributed by atoms with Crippen LogP contribution in [0.1, 0.15) is 5.69 Å². The normalized spacial score (nSPS) is 16.1. The van der Waals surface area contributed by atoms with Crippen LogP contribution < -0.4 is 10.1 Å². The molecule has 112 valence electrons. The summed E-state index contributed by atoms with van der Waals surface area (Å²) >= 11 is 0. The number of halogens is 1. The van der Waals surface area contributed by atoms with Gasteiger partial charge in [0.05, 0.1) is 24.7 Å². The predicted molar refractivity (Wildman–Crippen MR) is 76.0 cm³/mol. The second-order valence-corrected chi connectivity index (χ2v) is 4.98. The van der Waals surface area contributed by atoms with Gasteiger partial charge < -0.3 is 10.1 Å². The maximum Gasteiger partial charge on any atom is 0.167 e. The van der Waals surface area contributed by atoms with Crippen LogP contribution >= 0.6 is 0 Å². The first-order valence-corrected chi connectivity index (χ1v) is 6.94. The lowest BCUT2D eigenvalue weighted by atomic mass is 10.2. The van der Waals surface area contributed by atoms with Crippen LogP contribution in [0.3, 0.4) is 0 Å². The average Bonchev–Trinajstić information content (AvgIpc) is 2.96. The van der Waals surface area contributed by atoms with E-state index in [0.29, 0.717) is 5.69 Å². The molecule has 2 heterocycles. The molecular weight excluding hydrogens is 273 g/mol. The van der Waals surface area contributed by atoms with Crippen LogP contribution in [-0.4, -0.2) is 53.2 Å². The molecule has 1 aliphatic heterocycles. The van der Waals surface area contributed by atoms with Gasteiger partial charge in [0.15, 0.2) is 11.6 Å². The Morgan fingerprint density at radius 2 is 2.14 bits per heavy atom. The molecule has 1 fully saturated rings. The highest BCUT2D eigenvalue weighted by Crippen LogP contribution is 2.20. The fourth-order valence-electron chi connectivity index (χ4n) is 2.47. The molecule has 1 aromatic heterocycles. The summed E-state index contributed by atoms with van der Waals surface area (Å²) in [5.74, 6) is -0.179. The van der Waals surface area contributed by atoms with E-state index in [2.05, 4.69) is 20.5 Å². The standard InChI is InChI=1S/C14H18FN5O/c1-21-14-3-2-11(8-13(14)15)20-12(9-17-18-20)10-19-6-4-16-5-7-19/h2-3,8-9,16H,4-7,10H2,1H3. The van der Waals surface area contributed by atoms with E-state index in [9.17, 15) is 4.39 Å². The summed E-state index contributed by atoms with van der Waals surface area (Å²) in [6.45, 7) is 4.70. The van der Waals surface area contributed by atoms with E-state index in [0.717, 1.165) is 38.4 Å². The van der Waals surface area contributed by atoms with Gasteiger partial charge in [0.25, 0.3) is 0 Å². The Morgan fingerprint density at radius 1 is 1.33 bits per heavy atom. The van der Waals surface area contributed by atoms with Gasteiger partial charge in [-0.3, -0.25) is 4.90 Å². The summed E-state index contributed by atoms with van der Waals surface area (Å²) in [4.78, 5) is 2.32. The second-order valence-electron chi connectivity index (χ2n) is 4.98. The molecule has 7 heteroatoms. The van der Waals surface area contributed by atoms with Crippen LogP contribution in [-0.2, 0) is 6.54 Å². The van der Waals surface area contributed by atoms with Crippen LogP contribution in [0.15, 0.2) is 24.4 Å². The van der Waals surface area contributed by atoms with Gasteiger partial charge in [0.2, 0.25) is 0 Å². The van der Waals surface area contributed by atoms with Crippen LogP contribution in [0.4, 0.5) is 4.39 Å². The summed E-state index contributed by atoms with van der Waals surface area (Å²) in [6, 6.07) is 4.79. The Morgan fingerprint density at radius 3 is 2.86 bits per heavy atom. The zero-order valence-corrected chi connectivity index (χ0v) is 11.9. The minimum atomic E-state index is -0.404. The minimum absolute atomic E-state index is 0.225. The maximum absolute atomic E-state index is 13.8. The van der Waals surface area contributed by atoms with Crippen molar-refractivity contribution in [1.29, 1.82) is 0 Å². The first-order valence-electron chi connectivity index (χ1n) is 6.94. The molecular formula is C14H18FN5O. The molecule has 0 spiro atoms. The third kappa shape index (κ3) is 3.03. The molecule has 1 saturated heterocycles. The molecule has 0 amide bonds. The molecule has 21 heavy (non-hydrogen) atoms. The number of hydrogen-bond donors (Lipinski definition) is 1. The summed E-state index contributed by atoms with van der Waals surface area (Å²) in [5, 5.41) is 11.3. The van der Waals surface area contributed by atoms with Crippen molar-refractivity contribution in [3.05, 3.63) is 35.9 Å². The van der Waals surface area contributed by atoms with E-state index in [1.165, 1.54) is 13.2 Å². The molecule has 0 radical (unpaired) electrons. The topological polar surface area (TPSA) is 55.2 Å². The van der Waals surface area contributed by atoms with Gasteiger partial charge in [0, 0.05) is 38.8 Å². The van der Waals surface area contributed by atoms with Crippen LogP contribution in [0.2, 0.25) is 0 Å². The third-order valence-corrected chi connectivity index (χ3v) is 3.60. The molecule has 1 aliphatic rings. The van der Waals surface area contributed by atoms with Crippen LogP contribution in [0, 0.1) is 5.82 Å². The zero-order chi connectivity index (χ0) is 14.7. The molecule has 1 N–H and O–H groups in total. The number of hydrogen-bond acceptors (Lipinski definition) is 5. The molecule has 0 unspecified atom stereocenters. The van der Waals surface area contributed by atoms with Crippen molar-refractivity contribution in [2.45, 2.75) is 6.54 Å². The van der Waals surface area contributed by atoms with Gasteiger partial charge in [-0.15, -0.1) is 5.10 Å². The van der Waals surface area contributed by atoms with Gasteiger partial charge in [0.1, 0.15) is 0 Å². The van der Waals surface area contributed by atoms with Crippen molar-refractivity contribution in [3.8, 4) is 11.4 Å². The largest absolute Gasteiger partial charge is 0.494 e. The molecule has 0 bridgehead atoms. The van der Waals surface area contributed by atoms with Gasteiger partial charge in [-0.25, -0.2) is 9.07 Å². The fraction of sp³-hybridized carbons (Fsp3) is 0.429. The first-order chi connectivity index (χ1) is 10.3. The number of methoxy groups -OCH3 is 1. The highest BCUT2D eigenvalue weighted by molar-refractivity contribution is 5.38. The maximum atomic E-state index is 13.8. The van der Waals surface area contributed by atoms with Crippen molar-refractivity contribution in [2.24, 2.45) is 0 Å². The van der Waals surface area contributed by atoms with Crippen molar-refractivity contribution < 1.29 is 9.13 Å². The average molecular weight is 291 g/mol. The summed E-state index contributed by atoms with van der Waals surface area (Å²) in [5.41, 5.74) is 1.59. The van der Waals surface area contributed by atoms with Crippen molar-refractivity contribution in [1.82, 2.24) is 25.2 Å². The van der Waals surface area contributed by atoms with Crippen molar-refractivity contribution in [2.75, 3.05) is 33.3 Å². The highest BCUT2D eigenvalue weighted by Gasteiger charge is 2.15. The Kier molecular flexibility index (Phi) is 4.12. The first kappa shape index (κ1) is 14.0. The molecule has 2 aromatic rings. The number of nitrogens with zero attached hydrogens (tertiary/aromatic N) is 4. The van der Waals surface area contributed by atoms with Crippen LogP contribution in [0.25, 0.3) is 5.69 Å². The molecule has 0 atom stereocenters. The van der Waals surface area contributed by atoms with Crippen molar-refractivity contribution >= 4 is 0 Å². The lowest BCUT2D eigenvalue weighted by Gasteiger charge is -2.26. The van der Waals surface area contributed by atoms with E-state index in [4.69, 9.17) is 4.74 Å². The molecule has 0 aliphatic carbocycles. The lowest BCUT2D eigenvalue weighted by Crippen LogP contribution is -2.43. The smallest absolute Gasteiger partial charge is 0.167 e. The van der Waals surface area contributed by atoms with E-state index in [1.807, 2.05) is 0 Å². The number of benzene rings is 1. The molecule has 1 aromatic carbocycles. The Hall–Kier alpha value is -1.99. The molecule has 0 saturated carbocycles. The second kappa shape index (κ2) is 6.19. The Bertz CT molecular complexity index is 609. The third-order valence-electron chi connectivity index (χ3n) is 3.60. The Labute approximate surface area is 122 Å². The summed E-state index contributed by atoms with van der Waals surface area (Å²) in [7, 11) is 1.45. The number of aromatic nitrogens is 3. The van der Waals surface area contributed by atoms with E-state index in [-0.39, 0.29) is 5.75 Å². The van der Waals surface area contributed by atoms with Gasteiger partial charge in [-0.2, -0.15) is 0 Å². The van der Waals surface area contributed by atoms with Crippen molar-refractivity contribution in [3.63, 3.8) is 0 Å². The Balaban J connectivity index is 1.82. The minimum Gasteiger partial charge on any atom is -0.494 e. The number of ether oxygens (including phenoxy) is 1. The van der Waals surface area contributed by atoms with Crippen LogP contribution in [0.5, 0.6) is 5.75 Å². The molecule has 3 rings (SSSR count). The van der Waals surface area contributed by atoms with Gasteiger partial charge in [-0.05, 0) is 12.1 Å². The quantitative estimate of drug-likeness (QED) is 0.904. The van der Waals surface area contributed by atoms with Gasteiger partial charge >= 0.3 is 0 Å². The number of nitrogens with one attached hydrogen (secondary N) is 1. The summed E-state index contributed by atoms with van der Waals surface area (Å²) in [6.07, 6.45) is 1.73. The summed E-state index contributed by atoms with van der Waals surface area (Å²) < 4.78 is 20.4. The SMILES string of the molecule is COc1ccc(-n2nncc2CN2CCNCC2)cc1F. The van der Waals surface area contributed by atoms with E-state index in [1.54, 1.807) is 23.0 Å². The predicted octanol–water partition coefficient (Wildman–Crippen LogP) is 0.820. The molecule has 6 nitrogen and oxygen atoms in total. The zero-order valence-electron chi connectivity index (χ0n) is 11.9. The highest BCUT2D eigenvalue weighted by atomic mass is 19.1. The fourth-order valence-corrected chi connectivity index (χ4v) is 2.47. The monoisotopic (exact) mass is 291 g/mol. The van der Waals surface area contributed by atoms with Gasteiger partial charge in [-0.1, -0.05) is 5.21 Å².